The Morgan fingerprint density at radius 1 is 1.05 bits per heavy atom. The molecule has 0 amide bonds. The van der Waals surface area contributed by atoms with E-state index in [1.165, 1.54) is 11.3 Å². The number of carbonyl (C=O) groups excluding carboxylic acids is 1. The van der Waals surface area contributed by atoms with Crippen molar-refractivity contribution in [1.29, 1.82) is 0 Å². The molecule has 0 aliphatic carbocycles. The molecule has 0 spiro atoms. The fourth-order valence-corrected chi connectivity index (χ4v) is 6.35. The highest BCUT2D eigenvalue weighted by Gasteiger charge is 2.35. The molecule has 204 valence electrons. The van der Waals surface area contributed by atoms with Gasteiger partial charge < -0.3 is 14.2 Å². The molecule has 1 aliphatic rings. The summed E-state index contributed by atoms with van der Waals surface area (Å²) in [5.41, 5.74) is 2.95. The molecule has 3 aromatic carbocycles. The summed E-state index contributed by atoms with van der Waals surface area (Å²) in [5, 5.41) is 0. The first-order valence-electron chi connectivity index (χ1n) is 12.8. The maximum atomic E-state index is 14.0. The Morgan fingerprint density at radius 2 is 1.80 bits per heavy atom. The minimum atomic E-state index is -0.737. The third-order valence-electron chi connectivity index (χ3n) is 6.35. The van der Waals surface area contributed by atoms with Crippen LogP contribution in [0.2, 0.25) is 0 Å². The van der Waals surface area contributed by atoms with Gasteiger partial charge in [-0.3, -0.25) is 9.36 Å². The Labute approximate surface area is 249 Å². The van der Waals surface area contributed by atoms with E-state index in [-0.39, 0.29) is 12.2 Å². The lowest BCUT2D eigenvalue weighted by Crippen LogP contribution is -2.40. The highest BCUT2D eigenvalue weighted by molar-refractivity contribution is 14.1. The normalized spacial score (nSPS) is 14.9. The SMILES string of the molecule is CCOC(=O)C1=C(c2ccccc2)N=c2s/c(=C/c3ccc(OC)c(I)c3)c(=O)n2[C@H]1c1ccc(OCC)cc1. The van der Waals surface area contributed by atoms with Gasteiger partial charge in [0.1, 0.15) is 11.5 Å². The van der Waals surface area contributed by atoms with Crippen LogP contribution < -0.4 is 24.4 Å². The zero-order chi connectivity index (χ0) is 28.2. The fraction of sp³-hybridized carbons (Fsp3) is 0.194. The summed E-state index contributed by atoms with van der Waals surface area (Å²) in [6.07, 6.45) is 1.84. The van der Waals surface area contributed by atoms with Gasteiger partial charge in [0.2, 0.25) is 0 Å². The standard InChI is InChI=1S/C31H27IN2O5S/c1-4-38-22-14-12-21(13-15-22)28-26(30(36)39-5-2)27(20-9-7-6-8-10-20)33-31-34(28)29(35)25(40-31)18-19-11-16-24(37-3)23(32)17-19/h6-18,28H,4-5H2,1-3H3/b25-18+/t28-/m0/s1. The molecule has 0 unspecified atom stereocenters. The van der Waals surface area contributed by atoms with Crippen LogP contribution in [-0.2, 0) is 9.53 Å². The molecule has 0 saturated heterocycles. The highest BCUT2D eigenvalue weighted by atomic mass is 127. The average molecular weight is 667 g/mol. The molecule has 2 heterocycles. The minimum absolute atomic E-state index is 0.195. The van der Waals surface area contributed by atoms with E-state index in [1.54, 1.807) is 18.6 Å². The van der Waals surface area contributed by atoms with Crippen LogP contribution >= 0.6 is 33.9 Å². The van der Waals surface area contributed by atoms with Crippen LogP contribution in [0, 0.1) is 3.57 Å². The van der Waals surface area contributed by atoms with E-state index in [2.05, 4.69) is 22.6 Å². The van der Waals surface area contributed by atoms with Gasteiger partial charge in [-0.25, -0.2) is 9.79 Å². The summed E-state index contributed by atoms with van der Waals surface area (Å²) in [6.45, 7) is 4.41. The van der Waals surface area contributed by atoms with E-state index >= 15 is 0 Å². The lowest BCUT2D eigenvalue weighted by Gasteiger charge is -2.26. The number of hydrogen-bond donors (Lipinski definition) is 0. The van der Waals surface area contributed by atoms with E-state index < -0.39 is 12.0 Å². The topological polar surface area (TPSA) is 79.1 Å². The number of aromatic nitrogens is 1. The smallest absolute Gasteiger partial charge is 0.338 e. The van der Waals surface area contributed by atoms with Gasteiger partial charge in [-0.2, -0.15) is 0 Å². The van der Waals surface area contributed by atoms with Gasteiger partial charge >= 0.3 is 5.97 Å². The van der Waals surface area contributed by atoms with Gasteiger partial charge in [0.05, 0.1) is 45.7 Å². The van der Waals surface area contributed by atoms with Gasteiger partial charge in [-0.05, 0) is 77.9 Å². The van der Waals surface area contributed by atoms with Gasteiger partial charge in [-0.15, -0.1) is 0 Å². The summed E-state index contributed by atoms with van der Waals surface area (Å²) in [7, 11) is 1.63. The van der Waals surface area contributed by atoms with Gasteiger partial charge in [0.25, 0.3) is 5.56 Å². The van der Waals surface area contributed by atoms with E-state index in [0.717, 1.165) is 26.0 Å². The number of benzene rings is 3. The van der Waals surface area contributed by atoms with Gasteiger partial charge in [0, 0.05) is 5.56 Å². The number of fused-ring (bicyclic) bond motifs is 1. The van der Waals surface area contributed by atoms with Crippen LogP contribution in [0.5, 0.6) is 11.5 Å². The minimum Gasteiger partial charge on any atom is -0.496 e. The first-order valence-corrected chi connectivity index (χ1v) is 14.7. The molecule has 1 atom stereocenters. The Morgan fingerprint density at radius 3 is 2.45 bits per heavy atom. The number of carbonyl (C=O) groups is 1. The van der Waals surface area contributed by atoms with Crippen molar-refractivity contribution >= 4 is 51.7 Å². The van der Waals surface area contributed by atoms with Crippen molar-refractivity contribution in [3.05, 3.63) is 118 Å². The molecule has 0 saturated carbocycles. The van der Waals surface area contributed by atoms with Crippen molar-refractivity contribution in [1.82, 2.24) is 4.57 Å². The summed E-state index contributed by atoms with van der Waals surface area (Å²) in [5.74, 6) is 0.960. The van der Waals surface area contributed by atoms with Crippen molar-refractivity contribution in [3.8, 4) is 11.5 Å². The molecule has 1 aliphatic heterocycles. The number of esters is 1. The van der Waals surface area contributed by atoms with Crippen molar-refractivity contribution in [2.24, 2.45) is 4.99 Å². The lowest BCUT2D eigenvalue weighted by atomic mass is 9.93. The van der Waals surface area contributed by atoms with E-state index in [1.807, 2.05) is 85.8 Å². The first-order chi connectivity index (χ1) is 19.4. The number of ether oxygens (including phenoxy) is 3. The average Bonchev–Trinajstić information content (AvgIpc) is 3.27. The first kappa shape index (κ1) is 27.9. The Kier molecular flexibility index (Phi) is 8.51. The second kappa shape index (κ2) is 12.2. The van der Waals surface area contributed by atoms with Crippen molar-refractivity contribution in [2.45, 2.75) is 19.9 Å². The third-order valence-corrected chi connectivity index (χ3v) is 8.18. The van der Waals surface area contributed by atoms with E-state index in [9.17, 15) is 9.59 Å². The van der Waals surface area contributed by atoms with Gasteiger partial charge in [0.15, 0.2) is 4.80 Å². The summed E-state index contributed by atoms with van der Waals surface area (Å²) in [6, 6.07) is 22.0. The predicted octanol–water partition coefficient (Wildman–Crippen LogP) is 4.95. The highest BCUT2D eigenvalue weighted by Crippen LogP contribution is 2.35. The molecule has 0 N–H and O–H groups in total. The summed E-state index contributed by atoms with van der Waals surface area (Å²) >= 11 is 3.50. The third kappa shape index (κ3) is 5.48. The maximum Gasteiger partial charge on any atom is 0.338 e. The molecular weight excluding hydrogens is 639 g/mol. The number of rotatable bonds is 8. The van der Waals surface area contributed by atoms with E-state index in [0.29, 0.717) is 33.0 Å². The van der Waals surface area contributed by atoms with Crippen LogP contribution in [0.15, 0.2) is 88.2 Å². The summed E-state index contributed by atoms with van der Waals surface area (Å²) in [4.78, 5) is 32.9. The fourth-order valence-electron chi connectivity index (χ4n) is 4.59. The quantitative estimate of drug-likeness (QED) is 0.197. The monoisotopic (exact) mass is 666 g/mol. The Balaban J connectivity index is 1.78. The number of thiazole rings is 1. The van der Waals surface area contributed by atoms with Crippen molar-refractivity contribution in [2.75, 3.05) is 20.3 Å². The Bertz CT molecular complexity index is 1760. The molecule has 40 heavy (non-hydrogen) atoms. The lowest BCUT2D eigenvalue weighted by molar-refractivity contribution is -0.138. The van der Waals surface area contributed by atoms with E-state index in [4.69, 9.17) is 19.2 Å². The largest absolute Gasteiger partial charge is 0.496 e. The van der Waals surface area contributed by atoms with Crippen LogP contribution in [0.25, 0.3) is 11.8 Å². The Hall–Kier alpha value is -3.70. The molecule has 0 bridgehead atoms. The number of methoxy groups -OCH3 is 1. The zero-order valence-corrected chi connectivity index (χ0v) is 25.2. The number of nitrogens with zero attached hydrogens (tertiary/aromatic N) is 2. The molecular formula is C31H27IN2O5S. The van der Waals surface area contributed by atoms with Crippen molar-refractivity contribution < 1.29 is 19.0 Å². The molecule has 9 heteroatoms. The predicted molar refractivity (Wildman–Crippen MR) is 164 cm³/mol. The molecule has 5 rings (SSSR count). The zero-order valence-electron chi connectivity index (χ0n) is 22.2. The van der Waals surface area contributed by atoms with Crippen LogP contribution in [0.1, 0.15) is 36.6 Å². The van der Waals surface area contributed by atoms with Crippen LogP contribution in [0.3, 0.4) is 0 Å². The summed E-state index contributed by atoms with van der Waals surface area (Å²) < 4.78 is 19.6. The van der Waals surface area contributed by atoms with Crippen LogP contribution in [-0.4, -0.2) is 30.9 Å². The molecule has 7 nitrogen and oxygen atoms in total. The molecule has 1 aromatic heterocycles. The second-order valence-electron chi connectivity index (χ2n) is 8.83. The number of hydrogen-bond acceptors (Lipinski definition) is 7. The van der Waals surface area contributed by atoms with Gasteiger partial charge in [-0.1, -0.05) is 59.9 Å². The van der Waals surface area contributed by atoms with Crippen molar-refractivity contribution in [3.63, 3.8) is 0 Å². The molecule has 4 aromatic rings. The molecule has 0 radical (unpaired) electrons. The molecule has 0 fully saturated rings. The maximum absolute atomic E-state index is 14.0. The second-order valence-corrected chi connectivity index (χ2v) is 11.0. The van der Waals surface area contributed by atoms with Crippen LogP contribution in [0.4, 0.5) is 0 Å². The number of halogens is 1.